The number of alkyl halides is 3. The van der Waals surface area contributed by atoms with E-state index in [1.54, 1.807) is 5.32 Å². The van der Waals surface area contributed by atoms with Crippen LogP contribution in [0, 0.1) is 0 Å². The SMILES string of the molecule is O=C(O)Cc1ccc(CNC(=O)C(F)(F)F)cc1O. The van der Waals surface area contributed by atoms with Crippen LogP contribution in [0.3, 0.4) is 0 Å². The van der Waals surface area contributed by atoms with E-state index >= 15 is 0 Å². The number of halogens is 3. The van der Waals surface area contributed by atoms with Gasteiger partial charge in [-0.3, -0.25) is 9.59 Å². The summed E-state index contributed by atoms with van der Waals surface area (Å²) in [7, 11) is 0. The molecule has 104 valence electrons. The summed E-state index contributed by atoms with van der Waals surface area (Å²) in [5.41, 5.74) is 0.364. The zero-order valence-electron chi connectivity index (χ0n) is 9.49. The number of phenolic OH excluding ortho intramolecular Hbond substituents is 1. The van der Waals surface area contributed by atoms with Crippen molar-refractivity contribution in [2.24, 2.45) is 0 Å². The third-order valence-corrected chi connectivity index (χ3v) is 2.20. The van der Waals surface area contributed by atoms with Gasteiger partial charge in [0, 0.05) is 12.1 Å². The van der Waals surface area contributed by atoms with Crippen molar-refractivity contribution in [3.05, 3.63) is 29.3 Å². The number of phenols is 1. The van der Waals surface area contributed by atoms with Gasteiger partial charge in [0.05, 0.1) is 6.42 Å². The van der Waals surface area contributed by atoms with Crippen molar-refractivity contribution in [3.8, 4) is 5.75 Å². The Bertz CT molecular complexity index is 499. The smallest absolute Gasteiger partial charge is 0.471 e. The Morgan fingerprint density at radius 3 is 2.37 bits per heavy atom. The molecule has 0 saturated heterocycles. The lowest BCUT2D eigenvalue weighted by molar-refractivity contribution is -0.173. The third-order valence-electron chi connectivity index (χ3n) is 2.20. The fourth-order valence-corrected chi connectivity index (χ4v) is 1.31. The normalized spacial score (nSPS) is 11.1. The monoisotopic (exact) mass is 277 g/mol. The van der Waals surface area contributed by atoms with Crippen molar-refractivity contribution in [2.75, 3.05) is 0 Å². The molecule has 0 aromatic heterocycles. The van der Waals surface area contributed by atoms with Crippen LogP contribution in [0.1, 0.15) is 11.1 Å². The van der Waals surface area contributed by atoms with E-state index in [0.29, 0.717) is 0 Å². The van der Waals surface area contributed by atoms with Gasteiger partial charge in [0.2, 0.25) is 0 Å². The molecule has 0 bridgehead atoms. The summed E-state index contributed by atoms with van der Waals surface area (Å²) in [4.78, 5) is 21.0. The molecular weight excluding hydrogens is 267 g/mol. The molecule has 5 nitrogen and oxygen atoms in total. The molecule has 0 aliphatic rings. The Hall–Kier alpha value is -2.25. The first-order chi connectivity index (χ1) is 8.70. The van der Waals surface area contributed by atoms with Crippen LogP contribution in [0.5, 0.6) is 5.75 Å². The number of hydrogen-bond acceptors (Lipinski definition) is 3. The van der Waals surface area contributed by atoms with Crippen molar-refractivity contribution in [2.45, 2.75) is 19.1 Å². The topological polar surface area (TPSA) is 86.6 Å². The summed E-state index contributed by atoms with van der Waals surface area (Å²) in [6, 6.07) is 3.71. The lowest BCUT2D eigenvalue weighted by Crippen LogP contribution is -2.36. The van der Waals surface area contributed by atoms with Crippen LogP contribution < -0.4 is 5.32 Å². The van der Waals surface area contributed by atoms with Gasteiger partial charge in [-0.1, -0.05) is 12.1 Å². The Morgan fingerprint density at radius 1 is 1.26 bits per heavy atom. The van der Waals surface area contributed by atoms with Gasteiger partial charge >= 0.3 is 18.1 Å². The summed E-state index contributed by atoms with van der Waals surface area (Å²) in [5, 5.41) is 19.6. The van der Waals surface area contributed by atoms with Gasteiger partial charge in [-0.25, -0.2) is 0 Å². The zero-order valence-corrected chi connectivity index (χ0v) is 9.49. The summed E-state index contributed by atoms with van der Waals surface area (Å²) in [5.74, 6) is -3.57. The van der Waals surface area contributed by atoms with Crippen LogP contribution >= 0.6 is 0 Å². The summed E-state index contributed by atoms with van der Waals surface area (Å²) in [6.07, 6.45) is -5.37. The van der Waals surface area contributed by atoms with E-state index in [1.807, 2.05) is 0 Å². The van der Waals surface area contributed by atoms with Crippen molar-refractivity contribution in [1.82, 2.24) is 5.32 Å². The van der Waals surface area contributed by atoms with Gasteiger partial charge in [0.15, 0.2) is 0 Å². The first-order valence-corrected chi connectivity index (χ1v) is 5.07. The number of carbonyl (C=O) groups excluding carboxylic acids is 1. The molecule has 0 aliphatic carbocycles. The Kier molecular flexibility index (Phi) is 4.36. The van der Waals surface area contributed by atoms with E-state index in [4.69, 9.17) is 5.11 Å². The van der Waals surface area contributed by atoms with Crippen LogP contribution in [-0.4, -0.2) is 28.3 Å². The number of amides is 1. The highest BCUT2D eigenvalue weighted by Crippen LogP contribution is 2.20. The highest BCUT2D eigenvalue weighted by molar-refractivity contribution is 5.81. The van der Waals surface area contributed by atoms with Gasteiger partial charge < -0.3 is 15.5 Å². The number of benzene rings is 1. The van der Waals surface area contributed by atoms with Crippen molar-refractivity contribution in [1.29, 1.82) is 0 Å². The molecule has 0 heterocycles. The molecule has 1 rings (SSSR count). The zero-order chi connectivity index (χ0) is 14.6. The van der Waals surface area contributed by atoms with Gasteiger partial charge in [-0.2, -0.15) is 13.2 Å². The minimum absolute atomic E-state index is 0.137. The van der Waals surface area contributed by atoms with E-state index in [-0.39, 0.29) is 16.9 Å². The number of carboxylic acid groups (broad SMARTS) is 1. The molecular formula is C11H10F3NO4. The van der Waals surface area contributed by atoms with Crippen molar-refractivity contribution >= 4 is 11.9 Å². The molecule has 19 heavy (non-hydrogen) atoms. The van der Waals surface area contributed by atoms with Gasteiger partial charge in [-0.05, 0) is 11.6 Å². The molecule has 0 radical (unpaired) electrons. The second-order valence-corrected chi connectivity index (χ2v) is 3.71. The lowest BCUT2D eigenvalue weighted by Gasteiger charge is -2.09. The number of carbonyl (C=O) groups is 2. The first kappa shape index (κ1) is 14.8. The number of aromatic hydroxyl groups is 1. The van der Waals surface area contributed by atoms with Gasteiger partial charge in [-0.15, -0.1) is 0 Å². The van der Waals surface area contributed by atoms with Gasteiger partial charge in [0.25, 0.3) is 0 Å². The molecule has 0 aliphatic heterocycles. The molecule has 1 aromatic carbocycles. The molecule has 0 saturated carbocycles. The quantitative estimate of drug-likeness (QED) is 0.771. The van der Waals surface area contributed by atoms with Crippen molar-refractivity contribution in [3.63, 3.8) is 0 Å². The maximum Gasteiger partial charge on any atom is 0.471 e. The highest BCUT2D eigenvalue weighted by Gasteiger charge is 2.38. The summed E-state index contributed by atoms with van der Waals surface area (Å²) in [6.45, 7) is -0.417. The Labute approximate surface area is 105 Å². The number of hydrogen-bond donors (Lipinski definition) is 3. The van der Waals surface area contributed by atoms with Gasteiger partial charge in [0.1, 0.15) is 5.75 Å². The summed E-state index contributed by atoms with van der Waals surface area (Å²) >= 11 is 0. The molecule has 1 aromatic rings. The van der Waals surface area contributed by atoms with E-state index in [0.717, 1.165) is 6.07 Å². The number of aliphatic carboxylic acids is 1. The fourth-order valence-electron chi connectivity index (χ4n) is 1.31. The molecule has 0 fully saturated rings. The minimum Gasteiger partial charge on any atom is -0.508 e. The number of nitrogens with one attached hydrogen (secondary N) is 1. The second kappa shape index (κ2) is 5.59. The Morgan fingerprint density at radius 2 is 1.89 bits per heavy atom. The molecule has 1 amide bonds. The van der Waals surface area contributed by atoms with Crippen LogP contribution in [0.25, 0.3) is 0 Å². The van der Waals surface area contributed by atoms with Crippen LogP contribution in [0.2, 0.25) is 0 Å². The predicted octanol–water partition coefficient (Wildman–Crippen LogP) is 1.20. The lowest BCUT2D eigenvalue weighted by atomic mass is 10.1. The Balaban J connectivity index is 2.69. The molecule has 0 spiro atoms. The van der Waals surface area contributed by atoms with E-state index in [9.17, 15) is 27.9 Å². The largest absolute Gasteiger partial charge is 0.508 e. The second-order valence-electron chi connectivity index (χ2n) is 3.71. The maximum atomic E-state index is 11.9. The maximum absolute atomic E-state index is 11.9. The molecule has 3 N–H and O–H groups in total. The molecule has 0 atom stereocenters. The standard InChI is InChI=1S/C11H10F3NO4/c12-11(13,14)10(19)15-5-6-1-2-7(4-9(17)18)8(16)3-6/h1-3,16H,4-5H2,(H,15,19)(H,17,18). The predicted molar refractivity (Wildman–Crippen MR) is 57.3 cm³/mol. The first-order valence-electron chi connectivity index (χ1n) is 5.07. The average Bonchev–Trinajstić information content (AvgIpc) is 2.27. The minimum atomic E-state index is -4.97. The fraction of sp³-hybridized carbons (Fsp3) is 0.273. The van der Waals surface area contributed by atoms with Crippen LogP contribution in [0.4, 0.5) is 13.2 Å². The van der Waals surface area contributed by atoms with Crippen LogP contribution in [0.15, 0.2) is 18.2 Å². The third kappa shape index (κ3) is 4.49. The number of carboxylic acids is 1. The van der Waals surface area contributed by atoms with Crippen molar-refractivity contribution < 1.29 is 33.0 Å². The average molecular weight is 277 g/mol. The van der Waals surface area contributed by atoms with Crippen LogP contribution in [-0.2, 0) is 22.6 Å². The van der Waals surface area contributed by atoms with E-state index < -0.39 is 31.0 Å². The van der Waals surface area contributed by atoms with E-state index in [1.165, 1.54) is 12.1 Å². The number of rotatable bonds is 4. The molecule has 0 unspecified atom stereocenters. The highest BCUT2D eigenvalue weighted by atomic mass is 19.4. The molecule has 8 heteroatoms. The van der Waals surface area contributed by atoms with E-state index in [2.05, 4.69) is 0 Å². The summed E-state index contributed by atoms with van der Waals surface area (Å²) < 4.78 is 35.7.